The zero-order valence-corrected chi connectivity index (χ0v) is 13.9. The highest BCUT2D eigenvalue weighted by Gasteiger charge is 2.17. The molecule has 1 aromatic carbocycles. The number of hydrogen-bond acceptors (Lipinski definition) is 4. The van der Waals surface area contributed by atoms with Crippen LogP contribution < -0.4 is 5.56 Å². The van der Waals surface area contributed by atoms with Crippen molar-refractivity contribution < 1.29 is 4.79 Å². The average Bonchev–Trinajstić information content (AvgIpc) is 3.04. The van der Waals surface area contributed by atoms with Crippen LogP contribution in [-0.4, -0.2) is 26.5 Å². The number of aromatic nitrogens is 3. The van der Waals surface area contributed by atoms with Gasteiger partial charge < -0.3 is 9.97 Å². The topological polar surface area (TPSA) is 78.6 Å². The highest BCUT2D eigenvalue weighted by atomic mass is 32.2. The Morgan fingerprint density at radius 1 is 1.21 bits per heavy atom. The summed E-state index contributed by atoms with van der Waals surface area (Å²) >= 11 is 1.29. The van der Waals surface area contributed by atoms with E-state index in [9.17, 15) is 9.59 Å². The summed E-state index contributed by atoms with van der Waals surface area (Å²) in [5, 5.41) is 1.46. The lowest BCUT2D eigenvalue weighted by Gasteiger charge is -2.14. The van der Waals surface area contributed by atoms with Crippen molar-refractivity contribution in [3.8, 4) is 0 Å². The zero-order valence-electron chi connectivity index (χ0n) is 13.1. The van der Waals surface area contributed by atoms with Gasteiger partial charge in [0.25, 0.3) is 5.56 Å². The minimum Gasteiger partial charge on any atom is -0.360 e. The largest absolute Gasteiger partial charge is 0.360 e. The van der Waals surface area contributed by atoms with Crippen molar-refractivity contribution in [1.82, 2.24) is 15.0 Å². The summed E-state index contributed by atoms with van der Waals surface area (Å²) in [7, 11) is 0. The fourth-order valence-electron chi connectivity index (χ4n) is 3.16. The van der Waals surface area contributed by atoms with E-state index < -0.39 is 0 Å². The number of ketones is 1. The Hall–Kier alpha value is -2.34. The molecule has 0 aliphatic heterocycles. The second-order valence-electron chi connectivity index (χ2n) is 5.96. The number of rotatable bonds is 4. The van der Waals surface area contributed by atoms with Gasteiger partial charge in [-0.3, -0.25) is 9.59 Å². The molecule has 24 heavy (non-hydrogen) atoms. The molecule has 0 saturated carbocycles. The Labute approximate surface area is 142 Å². The van der Waals surface area contributed by atoms with Crippen LogP contribution in [0, 0.1) is 0 Å². The number of H-pyrrole nitrogens is 2. The Morgan fingerprint density at radius 2 is 2.04 bits per heavy atom. The van der Waals surface area contributed by atoms with E-state index in [2.05, 4.69) is 15.0 Å². The maximum absolute atomic E-state index is 12.5. The molecule has 0 saturated heterocycles. The Balaban J connectivity index is 1.53. The first-order valence-corrected chi connectivity index (χ1v) is 9.05. The highest BCUT2D eigenvalue weighted by Crippen LogP contribution is 2.22. The van der Waals surface area contributed by atoms with Crippen LogP contribution in [-0.2, 0) is 12.8 Å². The van der Waals surface area contributed by atoms with Crippen LogP contribution in [0.15, 0.2) is 40.4 Å². The first-order valence-electron chi connectivity index (χ1n) is 8.06. The van der Waals surface area contributed by atoms with Gasteiger partial charge in [0, 0.05) is 28.2 Å². The minimum absolute atomic E-state index is 0.0258. The molecule has 0 unspecified atom stereocenters. The normalized spacial score (nSPS) is 13.8. The SMILES string of the molecule is O=C(CSc1nc2c(c(=O)[nH]1)CCCC2)c1c[nH]c2ccccc12. The monoisotopic (exact) mass is 339 g/mol. The van der Waals surface area contributed by atoms with Crippen LogP contribution >= 0.6 is 11.8 Å². The Bertz CT molecular complexity index is 974. The molecule has 0 fully saturated rings. The van der Waals surface area contributed by atoms with E-state index in [0.717, 1.165) is 47.8 Å². The molecule has 4 rings (SSSR count). The van der Waals surface area contributed by atoms with Gasteiger partial charge in [-0.15, -0.1) is 0 Å². The maximum Gasteiger partial charge on any atom is 0.254 e. The fraction of sp³-hybridized carbons (Fsp3) is 0.278. The summed E-state index contributed by atoms with van der Waals surface area (Å²) in [6.07, 6.45) is 5.52. The molecule has 0 bridgehead atoms. The average molecular weight is 339 g/mol. The third-order valence-electron chi connectivity index (χ3n) is 4.40. The number of thioether (sulfide) groups is 1. The van der Waals surface area contributed by atoms with Crippen LogP contribution in [0.4, 0.5) is 0 Å². The van der Waals surface area contributed by atoms with Gasteiger partial charge in [-0.25, -0.2) is 4.98 Å². The summed E-state index contributed by atoms with van der Waals surface area (Å²) in [5.74, 6) is 0.279. The predicted octanol–water partition coefficient (Wildman–Crippen LogP) is 3.11. The number of carbonyl (C=O) groups excluding carboxylic acids is 1. The van der Waals surface area contributed by atoms with Crippen molar-refractivity contribution in [2.75, 3.05) is 5.75 Å². The van der Waals surface area contributed by atoms with Crippen LogP contribution in [0.1, 0.15) is 34.5 Å². The molecule has 1 aliphatic rings. The van der Waals surface area contributed by atoms with Crippen LogP contribution in [0.3, 0.4) is 0 Å². The lowest BCUT2D eigenvalue weighted by molar-refractivity contribution is 0.102. The van der Waals surface area contributed by atoms with Crippen LogP contribution in [0.5, 0.6) is 0 Å². The quantitative estimate of drug-likeness (QED) is 0.435. The number of benzene rings is 1. The molecule has 6 heteroatoms. The Kier molecular flexibility index (Phi) is 3.98. The van der Waals surface area contributed by atoms with Crippen LogP contribution in [0.2, 0.25) is 0 Å². The second kappa shape index (κ2) is 6.28. The summed E-state index contributed by atoms with van der Waals surface area (Å²) < 4.78 is 0. The number of para-hydroxylation sites is 1. The molecule has 122 valence electrons. The second-order valence-corrected chi connectivity index (χ2v) is 6.93. The van der Waals surface area contributed by atoms with E-state index in [1.165, 1.54) is 11.8 Å². The molecular formula is C18H17N3O2S. The van der Waals surface area contributed by atoms with Gasteiger partial charge >= 0.3 is 0 Å². The van der Waals surface area contributed by atoms with E-state index in [-0.39, 0.29) is 17.1 Å². The van der Waals surface area contributed by atoms with E-state index in [1.54, 1.807) is 6.20 Å². The van der Waals surface area contributed by atoms with Gasteiger partial charge in [-0.1, -0.05) is 30.0 Å². The van der Waals surface area contributed by atoms with E-state index >= 15 is 0 Å². The maximum atomic E-state index is 12.5. The predicted molar refractivity (Wildman–Crippen MR) is 94.9 cm³/mol. The summed E-state index contributed by atoms with van der Waals surface area (Å²) in [6.45, 7) is 0. The molecule has 2 aromatic heterocycles. The van der Waals surface area contributed by atoms with E-state index in [1.807, 2.05) is 24.3 Å². The molecule has 1 aliphatic carbocycles. The van der Waals surface area contributed by atoms with Crippen molar-refractivity contribution >= 4 is 28.4 Å². The number of Topliss-reactive ketones (excluding diaryl/α,β-unsaturated/α-hetero) is 1. The fourth-order valence-corrected chi connectivity index (χ4v) is 3.93. The number of hydrogen-bond donors (Lipinski definition) is 2. The highest BCUT2D eigenvalue weighted by molar-refractivity contribution is 7.99. The number of fused-ring (bicyclic) bond motifs is 2. The van der Waals surface area contributed by atoms with Crippen molar-refractivity contribution in [2.24, 2.45) is 0 Å². The molecular weight excluding hydrogens is 322 g/mol. The first-order chi connectivity index (χ1) is 11.7. The lowest BCUT2D eigenvalue weighted by atomic mass is 9.97. The van der Waals surface area contributed by atoms with Gasteiger partial charge in [-0.2, -0.15) is 0 Å². The van der Waals surface area contributed by atoms with Gasteiger partial charge in [0.15, 0.2) is 10.9 Å². The number of nitrogens with one attached hydrogen (secondary N) is 2. The summed E-state index contributed by atoms with van der Waals surface area (Å²) in [5.41, 5.74) is 3.28. The van der Waals surface area contributed by atoms with Gasteiger partial charge in [0.1, 0.15) is 0 Å². The molecule has 0 radical (unpaired) electrons. The van der Waals surface area contributed by atoms with Crippen molar-refractivity contribution in [3.63, 3.8) is 0 Å². The molecule has 2 N–H and O–H groups in total. The molecule has 0 spiro atoms. The van der Waals surface area contributed by atoms with Crippen molar-refractivity contribution in [2.45, 2.75) is 30.8 Å². The number of carbonyl (C=O) groups is 1. The van der Waals surface area contributed by atoms with Crippen molar-refractivity contribution in [3.05, 3.63) is 57.6 Å². The zero-order chi connectivity index (χ0) is 16.5. The van der Waals surface area contributed by atoms with Gasteiger partial charge in [-0.05, 0) is 31.7 Å². The molecule has 3 aromatic rings. The number of aromatic amines is 2. The van der Waals surface area contributed by atoms with E-state index in [0.29, 0.717) is 10.7 Å². The van der Waals surface area contributed by atoms with Gasteiger partial charge in [0.05, 0.1) is 11.4 Å². The molecule has 5 nitrogen and oxygen atoms in total. The summed E-state index contributed by atoms with van der Waals surface area (Å²) in [4.78, 5) is 35.1. The molecule has 2 heterocycles. The van der Waals surface area contributed by atoms with Gasteiger partial charge in [0.2, 0.25) is 0 Å². The number of nitrogens with zero attached hydrogens (tertiary/aromatic N) is 1. The third kappa shape index (κ3) is 2.78. The Morgan fingerprint density at radius 3 is 2.96 bits per heavy atom. The minimum atomic E-state index is -0.0539. The summed E-state index contributed by atoms with van der Waals surface area (Å²) in [6, 6.07) is 7.73. The first kappa shape index (κ1) is 15.2. The number of aryl methyl sites for hydroxylation is 1. The standard InChI is InChI=1S/C18H17N3O2S/c22-16(13-9-19-14-7-3-1-5-11(13)14)10-24-18-20-15-8-4-2-6-12(15)17(23)21-18/h1,3,5,7,9,19H,2,4,6,8,10H2,(H,20,21,23). The van der Waals surface area contributed by atoms with E-state index in [4.69, 9.17) is 0 Å². The molecule has 0 atom stereocenters. The smallest absolute Gasteiger partial charge is 0.254 e. The molecule has 0 amide bonds. The lowest BCUT2D eigenvalue weighted by Crippen LogP contribution is -2.21. The third-order valence-corrected chi connectivity index (χ3v) is 5.27. The van der Waals surface area contributed by atoms with Crippen LogP contribution in [0.25, 0.3) is 10.9 Å². The van der Waals surface area contributed by atoms with Crippen molar-refractivity contribution in [1.29, 1.82) is 0 Å².